The van der Waals surface area contributed by atoms with Crippen LogP contribution in [0.4, 0.5) is 0 Å². The van der Waals surface area contributed by atoms with Gasteiger partial charge in [0.15, 0.2) is 11.5 Å². The molecule has 2 aliphatic rings. The first kappa shape index (κ1) is 11.3. The lowest BCUT2D eigenvalue weighted by Gasteiger charge is -2.11. The predicted octanol–water partition coefficient (Wildman–Crippen LogP) is 1.07. The number of ether oxygens (including phenoxy) is 2. The summed E-state index contributed by atoms with van der Waals surface area (Å²) in [6, 6.07) is 5.36. The van der Waals surface area contributed by atoms with Gasteiger partial charge in [-0.05, 0) is 24.1 Å². The molecule has 96 valence electrons. The van der Waals surface area contributed by atoms with Crippen molar-refractivity contribution in [1.82, 2.24) is 4.90 Å². The third-order valence-electron chi connectivity index (χ3n) is 3.21. The molecule has 2 aliphatic heterocycles. The number of carbonyl (C=O) groups is 1. The van der Waals surface area contributed by atoms with Gasteiger partial charge in [-0.25, -0.2) is 0 Å². The van der Waals surface area contributed by atoms with Crippen molar-refractivity contribution in [3.8, 4) is 11.5 Å². The summed E-state index contributed by atoms with van der Waals surface area (Å²) in [5.41, 5.74) is 0.762. The maximum Gasteiger partial charge on any atom is 0.231 e. The Balaban J connectivity index is 1.61. The van der Waals surface area contributed by atoms with Gasteiger partial charge in [-0.1, -0.05) is 6.07 Å². The molecule has 18 heavy (non-hydrogen) atoms. The highest BCUT2D eigenvalue weighted by Crippen LogP contribution is 2.35. The summed E-state index contributed by atoms with van der Waals surface area (Å²) in [4.78, 5) is 13.3. The minimum Gasteiger partial charge on any atom is -0.454 e. The van der Waals surface area contributed by atoms with Crippen LogP contribution in [0.3, 0.4) is 0 Å². The molecule has 1 aromatic carbocycles. The van der Waals surface area contributed by atoms with E-state index in [0.717, 1.165) is 18.7 Å². The summed E-state index contributed by atoms with van der Waals surface area (Å²) < 4.78 is 10.5. The Morgan fingerprint density at radius 3 is 2.89 bits per heavy atom. The van der Waals surface area contributed by atoms with E-state index < -0.39 is 6.10 Å². The lowest BCUT2D eigenvalue weighted by Crippen LogP contribution is -2.11. The molecule has 2 heterocycles. The fourth-order valence-electron chi connectivity index (χ4n) is 2.00. The van der Waals surface area contributed by atoms with Crippen molar-refractivity contribution >= 4 is 5.91 Å². The van der Waals surface area contributed by atoms with Crippen molar-refractivity contribution in [1.29, 1.82) is 0 Å². The Kier molecular flexibility index (Phi) is 2.83. The highest BCUT2D eigenvalue weighted by molar-refractivity contribution is 5.78. The fraction of sp³-hybridized carbons (Fsp3) is 0.462. The van der Waals surface area contributed by atoms with Gasteiger partial charge in [0.25, 0.3) is 0 Å². The van der Waals surface area contributed by atoms with Gasteiger partial charge in [0.05, 0.1) is 6.10 Å². The van der Waals surface area contributed by atoms with Crippen LogP contribution in [0.2, 0.25) is 0 Å². The average molecular weight is 249 g/mol. The van der Waals surface area contributed by atoms with Crippen LogP contribution in [-0.4, -0.2) is 35.8 Å². The maximum absolute atomic E-state index is 11.5. The molecule has 1 fully saturated rings. The van der Waals surface area contributed by atoms with Crippen molar-refractivity contribution < 1.29 is 19.4 Å². The van der Waals surface area contributed by atoms with Gasteiger partial charge in [0, 0.05) is 19.5 Å². The highest BCUT2D eigenvalue weighted by atomic mass is 16.7. The topological polar surface area (TPSA) is 58.8 Å². The summed E-state index contributed by atoms with van der Waals surface area (Å²) in [5.74, 6) is 1.48. The van der Waals surface area contributed by atoms with Crippen molar-refractivity contribution in [2.75, 3.05) is 19.9 Å². The summed E-state index contributed by atoms with van der Waals surface area (Å²) in [6.45, 7) is 1.94. The molecule has 0 aromatic heterocycles. The van der Waals surface area contributed by atoms with Gasteiger partial charge >= 0.3 is 0 Å². The number of carbonyl (C=O) groups excluding carboxylic acids is 1. The SMILES string of the molecule is O=C(CCC(O)c1ccc2c(c1)OCO2)N1CC1. The van der Waals surface area contributed by atoms with Crippen LogP contribution in [0.5, 0.6) is 11.5 Å². The Morgan fingerprint density at radius 1 is 1.33 bits per heavy atom. The third-order valence-corrected chi connectivity index (χ3v) is 3.21. The Hall–Kier alpha value is -1.75. The number of amides is 1. The summed E-state index contributed by atoms with van der Waals surface area (Å²) in [6.07, 6.45) is 0.188. The Bertz CT molecular complexity index is 470. The zero-order chi connectivity index (χ0) is 12.5. The first-order valence-electron chi connectivity index (χ1n) is 6.09. The molecule has 1 aromatic rings. The number of rotatable bonds is 4. The predicted molar refractivity (Wildman–Crippen MR) is 63.3 cm³/mol. The van der Waals surface area contributed by atoms with E-state index in [1.165, 1.54) is 0 Å². The summed E-state index contributed by atoms with van der Waals surface area (Å²) >= 11 is 0. The lowest BCUT2D eigenvalue weighted by atomic mass is 10.0. The van der Waals surface area contributed by atoms with Crippen LogP contribution in [0, 0.1) is 0 Å². The molecule has 0 bridgehead atoms. The Labute approximate surface area is 105 Å². The number of hydrogen-bond acceptors (Lipinski definition) is 4. The second kappa shape index (κ2) is 4.49. The number of aliphatic hydroxyl groups is 1. The van der Waals surface area contributed by atoms with Gasteiger partial charge in [0.2, 0.25) is 12.7 Å². The number of benzene rings is 1. The van der Waals surface area contributed by atoms with Crippen molar-refractivity contribution in [3.63, 3.8) is 0 Å². The summed E-state index contributed by atoms with van der Waals surface area (Å²) in [7, 11) is 0. The largest absolute Gasteiger partial charge is 0.454 e. The van der Waals surface area contributed by atoms with E-state index in [4.69, 9.17) is 9.47 Å². The van der Waals surface area contributed by atoms with Crippen LogP contribution >= 0.6 is 0 Å². The van der Waals surface area contributed by atoms with Crippen molar-refractivity contribution in [2.24, 2.45) is 0 Å². The molecular weight excluding hydrogens is 234 g/mol. The highest BCUT2D eigenvalue weighted by Gasteiger charge is 2.24. The van der Waals surface area contributed by atoms with E-state index in [0.29, 0.717) is 24.3 Å². The number of hydrogen-bond donors (Lipinski definition) is 1. The molecule has 0 saturated carbocycles. The zero-order valence-electron chi connectivity index (χ0n) is 9.96. The second-order valence-electron chi connectivity index (χ2n) is 4.55. The second-order valence-corrected chi connectivity index (χ2v) is 4.55. The van der Waals surface area contributed by atoms with Crippen molar-refractivity contribution in [3.05, 3.63) is 23.8 Å². The zero-order valence-corrected chi connectivity index (χ0v) is 9.96. The smallest absolute Gasteiger partial charge is 0.231 e. The van der Waals surface area contributed by atoms with Gasteiger partial charge < -0.3 is 19.5 Å². The van der Waals surface area contributed by atoms with E-state index in [1.807, 2.05) is 0 Å². The van der Waals surface area contributed by atoms with Gasteiger partial charge in [-0.2, -0.15) is 0 Å². The molecule has 1 saturated heterocycles. The molecule has 0 aliphatic carbocycles. The molecule has 5 heteroatoms. The van der Waals surface area contributed by atoms with Crippen molar-refractivity contribution in [2.45, 2.75) is 18.9 Å². The van der Waals surface area contributed by atoms with Crippen LogP contribution in [-0.2, 0) is 4.79 Å². The minimum atomic E-state index is -0.636. The molecule has 1 amide bonds. The monoisotopic (exact) mass is 249 g/mol. The molecule has 0 radical (unpaired) electrons. The van der Waals surface area contributed by atoms with E-state index in [2.05, 4.69) is 0 Å². The average Bonchev–Trinajstić information content (AvgIpc) is 3.13. The molecule has 1 atom stereocenters. The Morgan fingerprint density at radius 2 is 2.11 bits per heavy atom. The molecular formula is C13H15NO4. The fourth-order valence-corrected chi connectivity index (χ4v) is 2.00. The quantitative estimate of drug-likeness (QED) is 0.811. The number of nitrogens with zero attached hydrogens (tertiary/aromatic N) is 1. The molecule has 0 spiro atoms. The minimum absolute atomic E-state index is 0.120. The van der Waals surface area contributed by atoms with Gasteiger partial charge in [0.1, 0.15) is 0 Å². The van der Waals surface area contributed by atoms with E-state index in [-0.39, 0.29) is 12.7 Å². The summed E-state index contributed by atoms with van der Waals surface area (Å²) in [5, 5.41) is 10.0. The third kappa shape index (κ3) is 2.26. The van der Waals surface area contributed by atoms with E-state index in [9.17, 15) is 9.90 Å². The first-order chi connectivity index (χ1) is 8.74. The van der Waals surface area contributed by atoms with E-state index in [1.54, 1.807) is 23.1 Å². The van der Waals surface area contributed by atoms with Crippen LogP contribution in [0.15, 0.2) is 18.2 Å². The molecule has 1 unspecified atom stereocenters. The number of fused-ring (bicyclic) bond motifs is 1. The number of aliphatic hydroxyl groups excluding tert-OH is 1. The van der Waals surface area contributed by atoms with Crippen LogP contribution in [0.25, 0.3) is 0 Å². The van der Waals surface area contributed by atoms with Crippen LogP contribution < -0.4 is 9.47 Å². The molecule has 1 N–H and O–H groups in total. The standard InChI is InChI=1S/C13H15NO4/c15-10(2-4-13(16)14-5-6-14)9-1-3-11-12(7-9)18-8-17-11/h1,3,7,10,15H,2,4-6,8H2. The maximum atomic E-state index is 11.5. The first-order valence-corrected chi connectivity index (χ1v) is 6.09. The van der Waals surface area contributed by atoms with E-state index >= 15 is 0 Å². The van der Waals surface area contributed by atoms with Crippen LogP contribution in [0.1, 0.15) is 24.5 Å². The molecule has 5 nitrogen and oxygen atoms in total. The van der Waals surface area contributed by atoms with Gasteiger partial charge in [-0.3, -0.25) is 4.79 Å². The molecule has 3 rings (SSSR count). The lowest BCUT2D eigenvalue weighted by molar-refractivity contribution is -0.126. The van der Waals surface area contributed by atoms with Gasteiger partial charge in [-0.15, -0.1) is 0 Å². The normalized spacial score (nSPS) is 17.7.